The second-order valence-corrected chi connectivity index (χ2v) is 6.08. The number of nitrogens with one attached hydrogen (secondary N) is 1. The van der Waals surface area contributed by atoms with Crippen LogP contribution < -0.4 is 5.32 Å². The Morgan fingerprint density at radius 3 is 2.68 bits per heavy atom. The lowest BCUT2D eigenvalue weighted by Gasteiger charge is -2.15. The molecule has 2 rings (SSSR count). The van der Waals surface area contributed by atoms with Gasteiger partial charge < -0.3 is 5.32 Å². The molecule has 0 spiro atoms. The van der Waals surface area contributed by atoms with Gasteiger partial charge in [0.15, 0.2) is 0 Å². The number of benzene rings is 2. The van der Waals surface area contributed by atoms with Gasteiger partial charge in [-0.1, -0.05) is 51.8 Å². The molecule has 0 unspecified atom stereocenters. The zero-order valence-corrected chi connectivity index (χ0v) is 13.4. The molecule has 2 aromatic carbocycles. The Morgan fingerprint density at radius 1 is 1.21 bits per heavy atom. The SMILES string of the molecule is Cc1ccc(CN[C@@H](C)c2cccc(Br)c2)c(Cl)c1. The number of hydrogen-bond acceptors (Lipinski definition) is 1. The third kappa shape index (κ3) is 4.07. The third-order valence-electron chi connectivity index (χ3n) is 3.16. The summed E-state index contributed by atoms with van der Waals surface area (Å²) in [4.78, 5) is 0. The maximum atomic E-state index is 6.24. The maximum absolute atomic E-state index is 6.24. The zero-order valence-electron chi connectivity index (χ0n) is 11.1. The first-order valence-electron chi connectivity index (χ1n) is 6.30. The number of halogens is 2. The smallest absolute Gasteiger partial charge is 0.0453 e. The summed E-state index contributed by atoms with van der Waals surface area (Å²) in [6, 6.07) is 14.8. The molecule has 0 amide bonds. The fourth-order valence-electron chi connectivity index (χ4n) is 1.95. The van der Waals surface area contributed by atoms with E-state index < -0.39 is 0 Å². The molecule has 1 atom stereocenters. The van der Waals surface area contributed by atoms with E-state index in [1.165, 1.54) is 11.1 Å². The number of rotatable bonds is 4. The lowest BCUT2D eigenvalue weighted by atomic mass is 10.1. The van der Waals surface area contributed by atoms with Crippen LogP contribution >= 0.6 is 27.5 Å². The van der Waals surface area contributed by atoms with E-state index >= 15 is 0 Å². The average Bonchev–Trinajstić information content (AvgIpc) is 2.37. The lowest BCUT2D eigenvalue weighted by molar-refractivity contribution is 0.574. The van der Waals surface area contributed by atoms with Crippen LogP contribution in [0.3, 0.4) is 0 Å². The minimum absolute atomic E-state index is 0.287. The van der Waals surface area contributed by atoms with Gasteiger partial charge in [0.1, 0.15) is 0 Å². The van der Waals surface area contributed by atoms with Crippen molar-refractivity contribution < 1.29 is 0 Å². The molecule has 0 saturated carbocycles. The number of hydrogen-bond donors (Lipinski definition) is 1. The fraction of sp³-hybridized carbons (Fsp3) is 0.250. The molecular formula is C16H17BrClN. The second kappa shape index (κ2) is 6.56. The molecule has 0 aromatic heterocycles. The van der Waals surface area contributed by atoms with Crippen LogP contribution in [0.2, 0.25) is 5.02 Å². The standard InChI is InChI=1S/C16H17BrClN/c1-11-6-7-14(16(18)8-11)10-19-12(2)13-4-3-5-15(17)9-13/h3-9,12,19H,10H2,1-2H3/t12-/m0/s1. The van der Waals surface area contributed by atoms with Crippen LogP contribution in [0.4, 0.5) is 0 Å². The molecule has 1 nitrogen and oxygen atoms in total. The van der Waals surface area contributed by atoms with E-state index in [0.717, 1.165) is 21.6 Å². The monoisotopic (exact) mass is 337 g/mol. The Balaban J connectivity index is 2.02. The lowest BCUT2D eigenvalue weighted by Crippen LogP contribution is -2.18. The van der Waals surface area contributed by atoms with E-state index in [2.05, 4.69) is 58.5 Å². The highest BCUT2D eigenvalue weighted by molar-refractivity contribution is 9.10. The van der Waals surface area contributed by atoms with E-state index in [1.54, 1.807) is 0 Å². The van der Waals surface area contributed by atoms with Crippen molar-refractivity contribution >= 4 is 27.5 Å². The number of aryl methyl sites for hydroxylation is 1. The van der Waals surface area contributed by atoms with Gasteiger partial charge in [0.05, 0.1) is 0 Å². The van der Waals surface area contributed by atoms with Gasteiger partial charge in [-0.25, -0.2) is 0 Å². The van der Waals surface area contributed by atoms with Crippen LogP contribution in [0, 0.1) is 6.92 Å². The van der Waals surface area contributed by atoms with Crippen molar-refractivity contribution in [1.29, 1.82) is 0 Å². The molecule has 19 heavy (non-hydrogen) atoms. The first kappa shape index (κ1) is 14.6. The Hall–Kier alpha value is -0.830. The quantitative estimate of drug-likeness (QED) is 0.801. The van der Waals surface area contributed by atoms with Gasteiger partial charge in [0.25, 0.3) is 0 Å². The van der Waals surface area contributed by atoms with Crippen molar-refractivity contribution in [3.8, 4) is 0 Å². The summed E-state index contributed by atoms with van der Waals surface area (Å²) in [6.07, 6.45) is 0. The van der Waals surface area contributed by atoms with Gasteiger partial charge in [0, 0.05) is 22.1 Å². The van der Waals surface area contributed by atoms with E-state index in [-0.39, 0.29) is 6.04 Å². The Labute approximate surface area is 128 Å². The topological polar surface area (TPSA) is 12.0 Å². The predicted molar refractivity (Wildman–Crippen MR) is 85.6 cm³/mol. The predicted octanol–water partition coefficient (Wildman–Crippen LogP) is 5.26. The molecule has 2 aromatic rings. The normalized spacial score (nSPS) is 12.4. The van der Waals surface area contributed by atoms with Crippen LogP contribution in [-0.4, -0.2) is 0 Å². The van der Waals surface area contributed by atoms with Crippen LogP contribution in [0.15, 0.2) is 46.9 Å². The van der Waals surface area contributed by atoms with E-state index in [1.807, 2.05) is 19.1 Å². The van der Waals surface area contributed by atoms with E-state index in [0.29, 0.717) is 0 Å². The van der Waals surface area contributed by atoms with Gasteiger partial charge in [0.2, 0.25) is 0 Å². The van der Waals surface area contributed by atoms with Crippen molar-refractivity contribution in [3.05, 3.63) is 68.7 Å². The highest BCUT2D eigenvalue weighted by Crippen LogP contribution is 2.21. The highest BCUT2D eigenvalue weighted by Gasteiger charge is 2.06. The Morgan fingerprint density at radius 2 is 2.00 bits per heavy atom. The van der Waals surface area contributed by atoms with Crippen molar-refractivity contribution in [2.24, 2.45) is 0 Å². The van der Waals surface area contributed by atoms with Crippen molar-refractivity contribution in [2.45, 2.75) is 26.4 Å². The first-order chi connectivity index (χ1) is 9.06. The molecule has 0 aliphatic heterocycles. The molecule has 0 bridgehead atoms. The molecule has 0 radical (unpaired) electrons. The van der Waals surface area contributed by atoms with Crippen molar-refractivity contribution in [2.75, 3.05) is 0 Å². The third-order valence-corrected chi connectivity index (χ3v) is 4.00. The van der Waals surface area contributed by atoms with Gasteiger partial charge >= 0.3 is 0 Å². The minimum atomic E-state index is 0.287. The summed E-state index contributed by atoms with van der Waals surface area (Å²) in [5, 5.41) is 4.33. The second-order valence-electron chi connectivity index (χ2n) is 4.75. The molecule has 0 aliphatic carbocycles. The summed E-state index contributed by atoms with van der Waals surface area (Å²) in [5.74, 6) is 0. The van der Waals surface area contributed by atoms with Gasteiger partial charge in [-0.2, -0.15) is 0 Å². The van der Waals surface area contributed by atoms with Gasteiger partial charge in [-0.05, 0) is 48.7 Å². The van der Waals surface area contributed by atoms with Gasteiger partial charge in [-0.3, -0.25) is 0 Å². The van der Waals surface area contributed by atoms with E-state index in [9.17, 15) is 0 Å². The van der Waals surface area contributed by atoms with Crippen molar-refractivity contribution in [1.82, 2.24) is 5.32 Å². The molecular weight excluding hydrogens is 322 g/mol. The van der Waals surface area contributed by atoms with Crippen LogP contribution in [0.5, 0.6) is 0 Å². The molecule has 1 N–H and O–H groups in total. The minimum Gasteiger partial charge on any atom is -0.306 e. The molecule has 0 saturated heterocycles. The summed E-state index contributed by atoms with van der Waals surface area (Å²) in [5.41, 5.74) is 3.58. The highest BCUT2D eigenvalue weighted by atomic mass is 79.9. The molecule has 3 heteroatoms. The fourth-order valence-corrected chi connectivity index (χ4v) is 2.67. The van der Waals surface area contributed by atoms with Crippen LogP contribution in [0.25, 0.3) is 0 Å². The van der Waals surface area contributed by atoms with Crippen LogP contribution in [0.1, 0.15) is 29.7 Å². The Bertz CT molecular complexity index is 568. The van der Waals surface area contributed by atoms with E-state index in [4.69, 9.17) is 11.6 Å². The van der Waals surface area contributed by atoms with Crippen molar-refractivity contribution in [3.63, 3.8) is 0 Å². The average molecular weight is 339 g/mol. The zero-order chi connectivity index (χ0) is 13.8. The molecule has 0 fully saturated rings. The summed E-state index contributed by atoms with van der Waals surface area (Å²) in [6.45, 7) is 4.98. The summed E-state index contributed by atoms with van der Waals surface area (Å²) < 4.78 is 1.10. The molecule has 0 aliphatic rings. The van der Waals surface area contributed by atoms with Crippen LogP contribution in [-0.2, 0) is 6.54 Å². The Kier molecular flexibility index (Phi) is 5.03. The molecule has 0 heterocycles. The first-order valence-corrected chi connectivity index (χ1v) is 7.47. The van der Waals surface area contributed by atoms with Gasteiger partial charge in [-0.15, -0.1) is 0 Å². The summed E-state index contributed by atoms with van der Waals surface area (Å²) in [7, 11) is 0. The largest absolute Gasteiger partial charge is 0.306 e. The maximum Gasteiger partial charge on any atom is 0.0453 e. The summed E-state index contributed by atoms with van der Waals surface area (Å²) >= 11 is 9.73. The molecule has 100 valence electrons.